The van der Waals surface area contributed by atoms with Gasteiger partial charge in [-0.25, -0.2) is 4.79 Å². The summed E-state index contributed by atoms with van der Waals surface area (Å²) in [6.07, 6.45) is -0.207. The third-order valence-corrected chi connectivity index (χ3v) is 4.67. The first kappa shape index (κ1) is 14.9. The van der Waals surface area contributed by atoms with E-state index in [1.165, 1.54) is 4.90 Å². The molecule has 1 fully saturated rings. The molecular weight excluding hydrogens is 254 g/mol. The lowest BCUT2D eigenvalue weighted by atomic mass is 9.65. The zero-order valence-electron chi connectivity index (χ0n) is 12.3. The van der Waals surface area contributed by atoms with Crippen molar-refractivity contribution in [3.05, 3.63) is 35.9 Å². The quantitative estimate of drug-likeness (QED) is 0.873. The number of rotatable bonds is 2. The maximum absolute atomic E-state index is 11.6. The van der Waals surface area contributed by atoms with E-state index in [1.807, 2.05) is 51.1 Å². The molecule has 20 heavy (non-hydrogen) atoms. The summed E-state index contributed by atoms with van der Waals surface area (Å²) in [7, 11) is 0. The van der Waals surface area contributed by atoms with E-state index in [4.69, 9.17) is 0 Å². The average Bonchev–Trinajstić information content (AvgIpc) is 2.79. The van der Waals surface area contributed by atoms with Crippen LogP contribution in [0.1, 0.15) is 38.7 Å². The Hall–Kier alpha value is -1.55. The van der Waals surface area contributed by atoms with Crippen LogP contribution in [0.25, 0.3) is 0 Å². The van der Waals surface area contributed by atoms with Gasteiger partial charge in [0.2, 0.25) is 0 Å². The van der Waals surface area contributed by atoms with Crippen LogP contribution >= 0.6 is 0 Å². The molecule has 4 nitrogen and oxygen atoms in total. The lowest BCUT2D eigenvalue weighted by Crippen LogP contribution is -2.60. The first-order valence-corrected chi connectivity index (χ1v) is 7.01. The predicted molar refractivity (Wildman–Crippen MR) is 77.8 cm³/mol. The Bertz CT molecular complexity index is 480. The van der Waals surface area contributed by atoms with Crippen LogP contribution in [0.2, 0.25) is 0 Å². The third kappa shape index (κ3) is 2.08. The number of amides is 1. The van der Waals surface area contributed by atoms with Crippen molar-refractivity contribution in [1.82, 2.24) is 4.90 Å². The van der Waals surface area contributed by atoms with Crippen LogP contribution in [0.15, 0.2) is 30.3 Å². The third-order valence-electron chi connectivity index (χ3n) is 4.67. The summed E-state index contributed by atoms with van der Waals surface area (Å²) in [5.74, 6) is 0.0183. The molecule has 2 unspecified atom stereocenters. The molecular formula is C16H23NO3. The van der Waals surface area contributed by atoms with Crippen molar-refractivity contribution in [3.63, 3.8) is 0 Å². The van der Waals surface area contributed by atoms with E-state index in [1.54, 1.807) is 0 Å². The van der Waals surface area contributed by atoms with Crippen LogP contribution in [0.5, 0.6) is 0 Å². The molecule has 0 saturated carbocycles. The zero-order chi connectivity index (χ0) is 15.0. The minimum Gasteiger partial charge on any atom is -0.465 e. The maximum Gasteiger partial charge on any atom is 0.407 e. The average molecular weight is 277 g/mol. The van der Waals surface area contributed by atoms with Crippen LogP contribution in [-0.2, 0) is 0 Å². The van der Waals surface area contributed by atoms with Gasteiger partial charge < -0.3 is 10.2 Å². The van der Waals surface area contributed by atoms with E-state index in [0.29, 0.717) is 6.54 Å². The van der Waals surface area contributed by atoms with E-state index < -0.39 is 11.6 Å². The highest BCUT2D eigenvalue weighted by molar-refractivity contribution is 5.67. The minimum absolute atomic E-state index is 0.0183. The fourth-order valence-electron chi connectivity index (χ4n) is 3.64. The Labute approximate surface area is 120 Å². The summed E-state index contributed by atoms with van der Waals surface area (Å²) < 4.78 is 0. The summed E-state index contributed by atoms with van der Waals surface area (Å²) in [5, 5.41) is 19.6. The second kappa shape index (κ2) is 5.09. The number of aliphatic hydroxyl groups is 1. The van der Waals surface area contributed by atoms with Crippen molar-refractivity contribution < 1.29 is 15.0 Å². The molecule has 110 valence electrons. The van der Waals surface area contributed by atoms with Gasteiger partial charge in [0.05, 0.1) is 12.1 Å². The Morgan fingerprint density at radius 3 is 2.40 bits per heavy atom. The Kier molecular flexibility index (Phi) is 3.78. The molecule has 0 aliphatic carbocycles. The number of carboxylic acid groups (broad SMARTS) is 1. The van der Waals surface area contributed by atoms with Gasteiger partial charge in [0.1, 0.15) is 0 Å². The molecule has 4 heteroatoms. The number of benzene rings is 1. The van der Waals surface area contributed by atoms with Gasteiger partial charge in [0, 0.05) is 12.5 Å². The van der Waals surface area contributed by atoms with Gasteiger partial charge in [0.25, 0.3) is 0 Å². The lowest BCUT2D eigenvalue weighted by molar-refractivity contribution is -0.0216. The molecule has 1 aliphatic heterocycles. The van der Waals surface area contributed by atoms with Gasteiger partial charge in [-0.05, 0) is 17.4 Å². The summed E-state index contributed by atoms with van der Waals surface area (Å²) >= 11 is 0. The number of nitrogens with zero attached hydrogens (tertiary/aromatic N) is 1. The Morgan fingerprint density at radius 2 is 1.95 bits per heavy atom. The van der Waals surface area contributed by atoms with Crippen LogP contribution in [0, 0.1) is 5.41 Å². The first-order chi connectivity index (χ1) is 9.34. The van der Waals surface area contributed by atoms with E-state index in [-0.39, 0.29) is 17.9 Å². The number of hydrogen-bond donors (Lipinski definition) is 2. The van der Waals surface area contributed by atoms with E-state index in [2.05, 4.69) is 0 Å². The van der Waals surface area contributed by atoms with Gasteiger partial charge in [-0.2, -0.15) is 0 Å². The summed E-state index contributed by atoms with van der Waals surface area (Å²) in [6.45, 7) is 6.30. The fraction of sp³-hybridized carbons (Fsp3) is 0.562. The molecule has 1 saturated heterocycles. The van der Waals surface area contributed by atoms with Gasteiger partial charge in [0.15, 0.2) is 0 Å². The number of aliphatic hydroxyl groups excluding tert-OH is 1. The standard InChI is InChI=1S/C16H23NO3/c1-15(2,3)16(11-18)13(9-10-17(16)14(19)20)12-7-5-4-6-8-12/h4-8,13,18H,9-11H2,1-3H3,(H,19,20). The molecule has 2 atom stereocenters. The second-order valence-electron chi connectivity index (χ2n) is 6.52. The minimum atomic E-state index is -0.951. The monoisotopic (exact) mass is 277 g/mol. The summed E-state index contributed by atoms with van der Waals surface area (Å²) in [5.41, 5.74) is -0.0302. The normalized spacial score (nSPS) is 26.8. The van der Waals surface area contributed by atoms with Crippen molar-refractivity contribution in [2.75, 3.05) is 13.2 Å². The molecule has 0 bridgehead atoms. The van der Waals surface area contributed by atoms with E-state index >= 15 is 0 Å². The van der Waals surface area contributed by atoms with Gasteiger partial charge in [-0.15, -0.1) is 0 Å². The van der Waals surface area contributed by atoms with Crippen LogP contribution in [-0.4, -0.2) is 39.9 Å². The highest BCUT2D eigenvalue weighted by Crippen LogP contribution is 2.51. The van der Waals surface area contributed by atoms with Crippen molar-refractivity contribution in [1.29, 1.82) is 0 Å². The second-order valence-corrected chi connectivity index (χ2v) is 6.52. The fourth-order valence-corrected chi connectivity index (χ4v) is 3.64. The topological polar surface area (TPSA) is 60.8 Å². The Balaban J connectivity index is 2.55. The van der Waals surface area contributed by atoms with Crippen molar-refractivity contribution in [2.24, 2.45) is 5.41 Å². The molecule has 0 spiro atoms. The van der Waals surface area contributed by atoms with E-state index in [0.717, 1.165) is 12.0 Å². The van der Waals surface area contributed by atoms with Crippen LogP contribution in [0.4, 0.5) is 4.79 Å². The molecule has 0 aromatic heterocycles. The largest absolute Gasteiger partial charge is 0.465 e. The van der Waals surface area contributed by atoms with Crippen LogP contribution < -0.4 is 0 Å². The molecule has 1 aromatic rings. The molecule has 2 rings (SSSR count). The van der Waals surface area contributed by atoms with E-state index in [9.17, 15) is 15.0 Å². The van der Waals surface area contributed by atoms with Gasteiger partial charge in [-0.1, -0.05) is 51.1 Å². The summed E-state index contributed by atoms with van der Waals surface area (Å²) in [4.78, 5) is 13.0. The Morgan fingerprint density at radius 1 is 1.35 bits per heavy atom. The van der Waals surface area contributed by atoms with Crippen LogP contribution in [0.3, 0.4) is 0 Å². The van der Waals surface area contributed by atoms with Gasteiger partial charge in [-0.3, -0.25) is 4.90 Å². The van der Waals surface area contributed by atoms with Crippen molar-refractivity contribution in [2.45, 2.75) is 38.6 Å². The molecule has 1 amide bonds. The molecule has 2 N–H and O–H groups in total. The first-order valence-electron chi connectivity index (χ1n) is 7.01. The predicted octanol–water partition coefficient (Wildman–Crippen LogP) is 2.93. The highest BCUT2D eigenvalue weighted by atomic mass is 16.4. The molecule has 1 heterocycles. The highest BCUT2D eigenvalue weighted by Gasteiger charge is 2.57. The molecule has 0 radical (unpaired) electrons. The summed E-state index contributed by atoms with van der Waals surface area (Å²) in [6, 6.07) is 9.91. The number of likely N-dealkylation sites (tertiary alicyclic amines) is 1. The smallest absolute Gasteiger partial charge is 0.407 e. The zero-order valence-corrected chi connectivity index (χ0v) is 12.3. The maximum atomic E-state index is 11.6. The SMILES string of the molecule is CC(C)(C)C1(CO)C(c2ccccc2)CCN1C(=O)O. The molecule has 1 aliphatic rings. The number of carbonyl (C=O) groups is 1. The lowest BCUT2D eigenvalue weighted by Gasteiger charge is -2.49. The van der Waals surface area contributed by atoms with Gasteiger partial charge >= 0.3 is 6.09 Å². The van der Waals surface area contributed by atoms with Crippen molar-refractivity contribution in [3.8, 4) is 0 Å². The van der Waals surface area contributed by atoms with Crippen molar-refractivity contribution >= 4 is 6.09 Å². The number of hydrogen-bond acceptors (Lipinski definition) is 2. The molecule has 1 aromatic carbocycles.